The number of carbonyl (C=O) groups is 2. The van der Waals surface area contributed by atoms with Gasteiger partial charge in [-0.2, -0.15) is 0 Å². The Labute approximate surface area is 186 Å². The molecule has 2 aromatic rings. The molecule has 0 bridgehead atoms. The molecule has 1 heterocycles. The highest BCUT2D eigenvalue weighted by Gasteiger charge is 2.35. The Bertz CT molecular complexity index is 1030. The van der Waals surface area contributed by atoms with Crippen molar-refractivity contribution in [2.75, 3.05) is 13.7 Å². The Balaban J connectivity index is 1.84. The highest BCUT2D eigenvalue weighted by Crippen LogP contribution is 2.39. The first-order valence-electron chi connectivity index (χ1n) is 8.36. The SMILES string of the molecule is C#CCOc1c(Cl)cc(/C=C2\SC(=O)N(Cc3ccc(Br)cc3)C2=O)cc1OC. The van der Waals surface area contributed by atoms with Gasteiger partial charge in [0.05, 0.1) is 23.6 Å². The Morgan fingerprint density at radius 3 is 2.66 bits per heavy atom. The van der Waals surface area contributed by atoms with E-state index >= 15 is 0 Å². The fourth-order valence-corrected chi connectivity index (χ4v) is 4.01. The zero-order valence-corrected chi connectivity index (χ0v) is 18.4. The van der Waals surface area contributed by atoms with E-state index in [-0.39, 0.29) is 24.3 Å². The van der Waals surface area contributed by atoms with E-state index in [0.29, 0.717) is 27.0 Å². The molecular weight excluding hydrogens is 478 g/mol. The summed E-state index contributed by atoms with van der Waals surface area (Å²) in [6.07, 6.45) is 6.82. The normalized spacial score (nSPS) is 15.0. The molecule has 0 aliphatic carbocycles. The summed E-state index contributed by atoms with van der Waals surface area (Å²) in [5, 5.41) is -0.0313. The van der Waals surface area contributed by atoms with Crippen LogP contribution in [0.4, 0.5) is 4.79 Å². The smallest absolute Gasteiger partial charge is 0.293 e. The number of imide groups is 1. The minimum Gasteiger partial charge on any atom is -0.493 e. The Hall–Kier alpha value is -2.40. The number of nitrogens with zero attached hydrogens (tertiary/aromatic N) is 1. The summed E-state index contributed by atoms with van der Waals surface area (Å²) < 4.78 is 11.6. The number of thioether (sulfide) groups is 1. The zero-order chi connectivity index (χ0) is 21.0. The van der Waals surface area contributed by atoms with Crippen molar-refractivity contribution in [3.05, 3.63) is 61.9 Å². The molecule has 0 unspecified atom stereocenters. The van der Waals surface area contributed by atoms with Crippen LogP contribution in [0.3, 0.4) is 0 Å². The van der Waals surface area contributed by atoms with E-state index < -0.39 is 0 Å². The summed E-state index contributed by atoms with van der Waals surface area (Å²) in [6.45, 7) is 0.253. The first-order valence-corrected chi connectivity index (χ1v) is 10.3. The number of methoxy groups -OCH3 is 1. The van der Waals surface area contributed by atoms with Crippen LogP contribution >= 0.6 is 39.3 Å². The van der Waals surface area contributed by atoms with Crippen LogP contribution in [-0.4, -0.2) is 29.8 Å². The molecule has 5 nitrogen and oxygen atoms in total. The molecule has 2 aromatic carbocycles. The lowest BCUT2D eigenvalue weighted by Crippen LogP contribution is -2.27. The summed E-state index contributed by atoms with van der Waals surface area (Å²) in [7, 11) is 1.48. The predicted octanol–water partition coefficient (Wildman–Crippen LogP) is 5.36. The van der Waals surface area contributed by atoms with Gasteiger partial charge >= 0.3 is 0 Å². The van der Waals surface area contributed by atoms with Gasteiger partial charge in [0, 0.05) is 4.47 Å². The van der Waals surface area contributed by atoms with Gasteiger partial charge in [-0.05, 0) is 53.2 Å². The molecule has 1 saturated heterocycles. The fourth-order valence-electron chi connectivity index (χ4n) is 2.64. The highest BCUT2D eigenvalue weighted by atomic mass is 79.9. The average Bonchev–Trinajstić information content (AvgIpc) is 2.95. The summed E-state index contributed by atoms with van der Waals surface area (Å²) in [4.78, 5) is 26.6. The van der Waals surface area contributed by atoms with Gasteiger partial charge in [0.2, 0.25) is 0 Å². The van der Waals surface area contributed by atoms with Crippen LogP contribution in [0.15, 0.2) is 45.8 Å². The molecule has 1 aliphatic rings. The number of terminal acetylenes is 1. The van der Waals surface area contributed by atoms with Crippen molar-refractivity contribution < 1.29 is 19.1 Å². The maximum Gasteiger partial charge on any atom is 0.293 e. The second-order valence-electron chi connectivity index (χ2n) is 5.92. The quantitative estimate of drug-likeness (QED) is 0.401. The molecule has 0 N–H and O–H groups in total. The zero-order valence-electron chi connectivity index (χ0n) is 15.3. The van der Waals surface area contributed by atoms with Crippen LogP contribution in [0.5, 0.6) is 11.5 Å². The van der Waals surface area contributed by atoms with Gasteiger partial charge in [-0.25, -0.2) is 0 Å². The summed E-state index contributed by atoms with van der Waals surface area (Å²) in [5.41, 5.74) is 1.46. The molecule has 0 spiro atoms. The largest absolute Gasteiger partial charge is 0.493 e. The van der Waals surface area contributed by atoms with Crippen molar-refractivity contribution >= 4 is 56.5 Å². The topological polar surface area (TPSA) is 55.8 Å². The standard InChI is InChI=1S/C21H15BrClNO4S/c1-3-8-28-19-16(23)9-14(10-17(19)27-2)11-18-20(25)24(21(26)29-18)12-13-4-6-15(22)7-5-13/h1,4-7,9-11H,8,12H2,2H3/b18-11-. The average molecular weight is 493 g/mol. The van der Waals surface area contributed by atoms with Crippen LogP contribution in [-0.2, 0) is 11.3 Å². The molecule has 8 heteroatoms. The number of ether oxygens (including phenoxy) is 2. The van der Waals surface area contributed by atoms with Crippen LogP contribution in [0.2, 0.25) is 5.02 Å². The van der Waals surface area contributed by atoms with Crippen LogP contribution in [0, 0.1) is 12.3 Å². The van der Waals surface area contributed by atoms with Crippen molar-refractivity contribution in [1.29, 1.82) is 0 Å². The molecule has 148 valence electrons. The third-order valence-electron chi connectivity index (χ3n) is 3.98. The van der Waals surface area contributed by atoms with Gasteiger partial charge in [-0.1, -0.05) is 45.6 Å². The Kier molecular flexibility index (Phi) is 6.91. The van der Waals surface area contributed by atoms with E-state index in [1.54, 1.807) is 18.2 Å². The first-order chi connectivity index (χ1) is 13.9. The number of benzene rings is 2. The molecule has 1 fully saturated rings. The van der Waals surface area contributed by atoms with Crippen molar-refractivity contribution in [3.63, 3.8) is 0 Å². The van der Waals surface area contributed by atoms with Crippen molar-refractivity contribution in [3.8, 4) is 23.8 Å². The van der Waals surface area contributed by atoms with Gasteiger partial charge < -0.3 is 9.47 Å². The van der Waals surface area contributed by atoms with Crippen molar-refractivity contribution in [2.45, 2.75) is 6.54 Å². The second-order valence-corrected chi connectivity index (χ2v) is 8.24. The number of rotatable bonds is 6. The summed E-state index contributed by atoms with van der Waals surface area (Å²) >= 11 is 10.5. The summed E-state index contributed by atoms with van der Waals surface area (Å²) in [5.74, 6) is 2.72. The maximum absolute atomic E-state index is 12.7. The van der Waals surface area contributed by atoms with Crippen LogP contribution in [0.25, 0.3) is 6.08 Å². The van der Waals surface area contributed by atoms with E-state index in [9.17, 15) is 9.59 Å². The third-order valence-corrected chi connectivity index (χ3v) is 5.69. The molecule has 0 saturated carbocycles. The molecule has 3 rings (SSSR count). The van der Waals surface area contributed by atoms with E-state index in [1.807, 2.05) is 24.3 Å². The van der Waals surface area contributed by atoms with Crippen LogP contribution < -0.4 is 9.47 Å². The van der Waals surface area contributed by atoms with Gasteiger partial charge in [0.1, 0.15) is 6.61 Å². The number of amides is 2. The first kappa shape index (κ1) is 21.3. The Morgan fingerprint density at radius 2 is 2.00 bits per heavy atom. The van der Waals surface area contributed by atoms with Gasteiger partial charge in [-0.15, -0.1) is 6.42 Å². The molecule has 1 aliphatic heterocycles. The minimum absolute atomic E-state index is 0.0460. The fraction of sp³-hybridized carbons (Fsp3) is 0.143. The van der Waals surface area contributed by atoms with Crippen molar-refractivity contribution in [2.24, 2.45) is 0 Å². The van der Waals surface area contributed by atoms with Crippen LogP contribution in [0.1, 0.15) is 11.1 Å². The molecule has 0 aromatic heterocycles. The number of halogens is 2. The minimum atomic E-state index is -0.356. The summed E-state index contributed by atoms with van der Waals surface area (Å²) in [6, 6.07) is 10.7. The van der Waals surface area contributed by atoms with E-state index in [0.717, 1.165) is 21.8 Å². The monoisotopic (exact) mass is 491 g/mol. The van der Waals surface area contributed by atoms with Gasteiger partial charge in [0.15, 0.2) is 11.5 Å². The molecule has 0 atom stereocenters. The van der Waals surface area contributed by atoms with E-state index in [1.165, 1.54) is 12.0 Å². The molecular formula is C21H15BrClNO4S. The third kappa shape index (κ3) is 4.96. The van der Waals surface area contributed by atoms with E-state index in [2.05, 4.69) is 21.9 Å². The lowest BCUT2D eigenvalue weighted by molar-refractivity contribution is -0.123. The Morgan fingerprint density at radius 1 is 1.28 bits per heavy atom. The number of hydrogen-bond donors (Lipinski definition) is 0. The molecule has 0 radical (unpaired) electrons. The van der Waals surface area contributed by atoms with Gasteiger partial charge in [0.25, 0.3) is 11.1 Å². The molecule has 2 amide bonds. The lowest BCUT2D eigenvalue weighted by atomic mass is 10.1. The predicted molar refractivity (Wildman–Crippen MR) is 118 cm³/mol. The van der Waals surface area contributed by atoms with Gasteiger partial charge in [-0.3, -0.25) is 14.5 Å². The lowest BCUT2D eigenvalue weighted by Gasteiger charge is -2.13. The maximum atomic E-state index is 12.7. The number of carbonyl (C=O) groups excluding carboxylic acids is 2. The second kappa shape index (κ2) is 9.40. The molecule has 29 heavy (non-hydrogen) atoms. The number of hydrogen-bond acceptors (Lipinski definition) is 5. The van der Waals surface area contributed by atoms with E-state index in [4.69, 9.17) is 27.5 Å². The van der Waals surface area contributed by atoms with Crippen molar-refractivity contribution in [1.82, 2.24) is 4.90 Å². The highest BCUT2D eigenvalue weighted by molar-refractivity contribution is 9.10.